The van der Waals surface area contributed by atoms with E-state index in [1.807, 2.05) is 0 Å². The Bertz CT molecular complexity index is 352. The predicted molar refractivity (Wildman–Crippen MR) is 62.4 cm³/mol. The van der Waals surface area contributed by atoms with Crippen LogP contribution in [-0.2, 0) is 9.53 Å². The lowest BCUT2D eigenvalue weighted by molar-refractivity contribution is -0.121. The van der Waals surface area contributed by atoms with Crippen LogP contribution in [0.1, 0.15) is 33.6 Å². The second kappa shape index (κ2) is 5.17. The average molecular weight is 238 g/mol. The zero-order valence-corrected chi connectivity index (χ0v) is 10.5. The van der Waals surface area contributed by atoms with Crippen molar-refractivity contribution in [2.45, 2.75) is 45.3 Å². The van der Waals surface area contributed by atoms with E-state index >= 15 is 0 Å². The highest BCUT2D eigenvalue weighted by atomic mass is 16.6. The summed E-state index contributed by atoms with van der Waals surface area (Å²) in [5.74, 6) is -0.191. The van der Waals surface area contributed by atoms with Crippen molar-refractivity contribution in [3.63, 3.8) is 0 Å². The number of carbonyl (C=O) groups is 2. The molecular weight excluding hydrogens is 220 g/mol. The SMILES string of the molecule is [C-]#[N+]CC(=O)C1CCCN1C(=O)OC(C)(C)C. The Labute approximate surface area is 102 Å². The molecule has 5 nitrogen and oxygen atoms in total. The molecule has 1 heterocycles. The predicted octanol–water partition coefficient (Wildman–Crippen LogP) is 1.87. The summed E-state index contributed by atoms with van der Waals surface area (Å²) in [7, 11) is 0. The first-order valence-corrected chi connectivity index (χ1v) is 5.70. The van der Waals surface area contributed by atoms with Gasteiger partial charge >= 0.3 is 6.09 Å². The highest BCUT2D eigenvalue weighted by Crippen LogP contribution is 2.21. The van der Waals surface area contributed by atoms with Gasteiger partial charge in [0.2, 0.25) is 5.78 Å². The Balaban J connectivity index is 2.67. The number of carbonyl (C=O) groups excluding carboxylic acids is 2. The molecule has 1 amide bonds. The molecule has 0 spiro atoms. The highest BCUT2D eigenvalue weighted by Gasteiger charge is 2.37. The Morgan fingerprint density at radius 3 is 2.65 bits per heavy atom. The first kappa shape index (κ1) is 13.5. The van der Waals surface area contributed by atoms with Gasteiger partial charge in [0.15, 0.2) is 0 Å². The van der Waals surface area contributed by atoms with Gasteiger partial charge in [0.25, 0.3) is 6.54 Å². The second-order valence-corrected chi connectivity index (χ2v) is 5.11. The van der Waals surface area contributed by atoms with Crippen molar-refractivity contribution in [3.8, 4) is 0 Å². The van der Waals surface area contributed by atoms with Crippen molar-refractivity contribution in [3.05, 3.63) is 11.4 Å². The van der Waals surface area contributed by atoms with E-state index in [0.29, 0.717) is 13.0 Å². The van der Waals surface area contributed by atoms with Gasteiger partial charge in [0, 0.05) is 6.54 Å². The number of hydrogen-bond acceptors (Lipinski definition) is 3. The van der Waals surface area contributed by atoms with Gasteiger partial charge in [-0.15, -0.1) is 0 Å². The van der Waals surface area contributed by atoms with Gasteiger partial charge < -0.3 is 9.58 Å². The van der Waals surface area contributed by atoms with Crippen molar-refractivity contribution in [2.24, 2.45) is 0 Å². The van der Waals surface area contributed by atoms with E-state index in [-0.39, 0.29) is 12.3 Å². The summed E-state index contributed by atoms with van der Waals surface area (Å²) >= 11 is 0. The molecule has 94 valence electrons. The van der Waals surface area contributed by atoms with Crippen LogP contribution in [0.15, 0.2) is 0 Å². The molecule has 1 atom stereocenters. The molecule has 1 saturated heterocycles. The smallest absolute Gasteiger partial charge is 0.410 e. The summed E-state index contributed by atoms with van der Waals surface area (Å²) in [5.41, 5.74) is -0.562. The van der Waals surface area contributed by atoms with Crippen LogP contribution in [0, 0.1) is 6.57 Å². The largest absolute Gasteiger partial charge is 0.444 e. The van der Waals surface area contributed by atoms with Crippen molar-refractivity contribution in [1.29, 1.82) is 0 Å². The normalized spacial score (nSPS) is 19.9. The van der Waals surface area contributed by atoms with Gasteiger partial charge in [-0.3, -0.25) is 9.69 Å². The number of hydrogen-bond donors (Lipinski definition) is 0. The number of amides is 1. The minimum atomic E-state index is -0.562. The molecule has 1 rings (SSSR count). The number of ether oxygens (including phenoxy) is 1. The molecule has 0 radical (unpaired) electrons. The first-order valence-electron chi connectivity index (χ1n) is 5.70. The molecule has 0 saturated carbocycles. The molecule has 1 unspecified atom stereocenters. The Kier molecular flexibility index (Phi) is 4.11. The molecule has 17 heavy (non-hydrogen) atoms. The maximum Gasteiger partial charge on any atom is 0.410 e. The maximum atomic E-state index is 11.9. The quantitative estimate of drug-likeness (QED) is 0.690. The van der Waals surface area contributed by atoms with Crippen LogP contribution >= 0.6 is 0 Å². The van der Waals surface area contributed by atoms with E-state index in [2.05, 4.69) is 4.85 Å². The lowest BCUT2D eigenvalue weighted by Gasteiger charge is -2.27. The molecular formula is C12H18N2O3. The molecule has 5 heteroatoms. The second-order valence-electron chi connectivity index (χ2n) is 5.11. The fourth-order valence-electron chi connectivity index (χ4n) is 1.82. The Morgan fingerprint density at radius 2 is 2.12 bits per heavy atom. The first-order chi connectivity index (χ1) is 7.85. The minimum absolute atomic E-state index is 0.163. The summed E-state index contributed by atoms with van der Waals surface area (Å²) in [4.78, 5) is 28.0. The highest BCUT2D eigenvalue weighted by molar-refractivity contribution is 5.90. The van der Waals surface area contributed by atoms with Gasteiger partial charge in [0.1, 0.15) is 11.6 Å². The van der Waals surface area contributed by atoms with E-state index in [9.17, 15) is 9.59 Å². The number of ketones is 1. The lowest BCUT2D eigenvalue weighted by atomic mass is 10.1. The van der Waals surface area contributed by atoms with Crippen molar-refractivity contribution in [1.82, 2.24) is 4.90 Å². The monoisotopic (exact) mass is 238 g/mol. The summed E-state index contributed by atoms with van der Waals surface area (Å²) in [5, 5.41) is 0. The molecule has 1 aliphatic rings. The van der Waals surface area contributed by atoms with Gasteiger partial charge in [-0.05, 0) is 33.6 Å². The van der Waals surface area contributed by atoms with E-state index < -0.39 is 17.7 Å². The lowest BCUT2D eigenvalue weighted by Crippen LogP contribution is -2.43. The Hall–Kier alpha value is -1.57. The zero-order valence-electron chi connectivity index (χ0n) is 10.5. The van der Waals surface area contributed by atoms with Gasteiger partial charge in [-0.2, -0.15) is 0 Å². The van der Waals surface area contributed by atoms with E-state index in [0.717, 1.165) is 6.42 Å². The summed E-state index contributed by atoms with van der Waals surface area (Å²) < 4.78 is 5.24. The van der Waals surface area contributed by atoms with Crippen LogP contribution in [-0.4, -0.2) is 41.5 Å². The molecule has 0 bridgehead atoms. The third-order valence-corrected chi connectivity index (χ3v) is 2.49. The van der Waals surface area contributed by atoms with Gasteiger partial charge in [-0.25, -0.2) is 11.4 Å². The van der Waals surface area contributed by atoms with Crippen molar-refractivity contribution >= 4 is 11.9 Å². The number of likely N-dealkylation sites (tertiary alicyclic amines) is 1. The van der Waals surface area contributed by atoms with Gasteiger partial charge in [0.05, 0.1) is 0 Å². The van der Waals surface area contributed by atoms with Crippen molar-refractivity contribution in [2.75, 3.05) is 13.1 Å². The molecule has 0 aromatic rings. The number of Topliss-reactive ketones (excluding diaryl/α,β-unsaturated/α-hetero) is 1. The van der Waals surface area contributed by atoms with Crippen LogP contribution in [0.4, 0.5) is 4.79 Å². The molecule has 0 aromatic heterocycles. The third-order valence-electron chi connectivity index (χ3n) is 2.49. The minimum Gasteiger partial charge on any atom is -0.444 e. The third kappa shape index (κ3) is 3.74. The van der Waals surface area contributed by atoms with Crippen LogP contribution in [0.5, 0.6) is 0 Å². The molecule has 0 aromatic carbocycles. The fourth-order valence-corrected chi connectivity index (χ4v) is 1.82. The summed E-state index contributed by atoms with van der Waals surface area (Å²) in [6.45, 7) is 12.4. The Morgan fingerprint density at radius 1 is 1.47 bits per heavy atom. The maximum absolute atomic E-state index is 11.9. The van der Waals surface area contributed by atoms with Crippen LogP contribution < -0.4 is 0 Å². The molecule has 1 fully saturated rings. The average Bonchev–Trinajstić information content (AvgIpc) is 2.63. The summed E-state index contributed by atoms with van der Waals surface area (Å²) in [6.07, 6.45) is 0.958. The van der Waals surface area contributed by atoms with Crippen LogP contribution in [0.3, 0.4) is 0 Å². The molecule has 0 N–H and O–H groups in total. The topological polar surface area (TPSA) is 51.0 Å². The number of nitrogens with zero attached hydrogens (tertiary/aromatic N) is 2. The van der Waals surface area contributed by atoms with E-state index in [1.54, 1.807) is 20.8 Å². The van der Waals surface area contributed by atoms with Crippen molar-refractivity contribution < 1.29 is 14.3 Å². The fraction of sp³-hybridized carbons (Fsp3) is 0.750. The molecule has 1 aliphatic heterocycles. The van der Waals surface area contributed by atoms with Crippen LogP contribution in [0.2, 0.25) is 0 Å². The van der Waals surface area contributed by atoms with E-state index in [4.69, 9.17) is 11.3 Å². The number of rotatable bonds is 2. The van der Waals surface area contributed by atoms with Gasteiger partial charge in [-0.1, -0.05) is 0 Å². The summed E-state index contributed by atoms with van der Waals surface area (Å²) in [6, 6.07) is -0.473. The standard InChI is InChI=1S/C12H18N2O3/c1-12(2,3)17-11(16)14-7-5-6-9(14)10(15)8-13-4/h9H,5-8H2,1-3H3. The zero-order chi connectivity index (χ0) is 13.1. The molecule has 0 aliphatic carbocycles. The van der Waals surface area contributed by atoms with Crippen LogP contribution in [0.25, 0.3) is 4.85 Å². The van der Waals surface area contributed by atoms with E-state index in [1.165, 1.54) is 4.90 Å².